The zero-order valence-corrected chi connectivity index (χ0v) is 16.3. The lowest BCUT2D eigenvalue weighted by atomic mass is 9.79. The van der Waals surface area contributed by atoms with Crippen LogP contribution < -0.4 is 10.2 Å². The number of benzene rings is 2. The summed E-state index contributed by atoms with van der Waals surface area (Å²) >= 11 is 0. The van der Waals surface area contributed by atoms with Gasteiger partial charge in [-0.1, -0.05) is 18.2 Å². The number of non-ortho nitro benzene ring substituents is 1. The first-order valence-corrected chi connectivity index (χ1v) is 9.51. The lowest BCUT2D eigenvalue weighted by Crippen LogP contribution is -2.54. The van der Waals surface area contributed by atoms with E-state index in [0.29, 0.717) is 0 Å². The number of H-pyrrole nitrogens is 1. The van der Waals surface area contributed by atoms with Gasteiger partial charge in [-0.05, 0) is 43.0 Å². The van der Waals surface area contributed by atoms with E-state index in [9.17, 15) is 10.1 Å². The van der Waals surface area contributed by atoms with Crippen LogP contribution in [0.1, 0.15) is 24.1 Å². The van der Waals surface area contributed by atoms with Crippen LogP contribution in [0.4, 0.5) is 11.4 Å². The molecule has 0 bridgehead atoms. The van der Waals surface area contributed by atoms with Gasteiger partial charge in [0.15, 0.2) is 0 Å². The first-order valence-electron chi connectivity index (χ1n) is 9.51. The molecule has 1 saturated heterocycles. The van der Waals surface area contributed by atoms with E-state index >= 15 is 0 Å². The molecule has 2 aliphatic rings. The van der Waals surface area contributed by atoms with E-state index < -0.39 is 0 Å². The van der Waals surface area contributed by atoms with Crippen LogP contribution in [-0.2, 0) is 12.0 Å². The molecule has 1 fully saturated rings. The van der Waals surface area contributed by atoms with Gasteiger partial charge < -0.3 is 15.2 Å². The fraction of sp³-hybridized carbons (Fsp3) is 0.333. The van der Waals surface area contributed by atoms with E-state index in [-0.39, 0.29) is 28.6 Å². The van der Waals surface area contributed by atoms with Crippen molar-refractivity contribution >= 4 is 34.7 Å². The third kappa shape index (κ3) is 2.93. The van der Waals surface area contributed by atoms with Gasteiger partial charge in [0.05, 0.1) is 10.5 Å². The summed E-state index contributed by atoms with van der Waals surface area (Å²) in [5.41, 5.74) is 5.26. The number of hydrogen-bond acceptors (Lipinski definition) is 4. The number of anilines is 1. The van der Waals surface area contributed by atoms with Gasteiger partial charge in [-0.3, -0.25) is 10.1 Å². The summed E-state index contributed by atoms with van der Waals surface area (Å²) in [7, 11) is 0. The highest BCUT2D eigenvalue weighted by atomic mass is 35.5. The molecule has 0 radical (unpaired) electrons. The van der Waals surface area contributed by atoms with Gasteiger partial charge in [0.1, 0.15) is 0 Å². The number of piperidine rings is 1. The lowest BCUT2D eigenvalue weighted by molar-refractivity contribution is -0.384. The Morgan fingerprint density at radius 2 is 1.75 bits per heavy atom. The fourth-order valence-electron chi connectivity index (χ4n) is 4.74. The first-order chi connectivity index (χ1) is 13.2. The van der Waals surface area contributed by atoms with Crippen molar-refractivity contribution in [3.8, 4) is 0 Å². The minimum atomic E-state index is -0.349. The highest BCUT2D eigenvalue weighted by Gasteiger charge is 2.41. The van der Waals surface area contributed by atoms with Gasteiger partial charge in [-0.25, -0.2) is 0 Å². The molecule has 2 N–H and O–H groups in total. The summed E-state index contributed by atoms with van der Waals surface area (Å²) in [5.74, 6) is 0. The van der Waals surface area contributed by atoms with Gasteiger partial charge in [-0.2, -0.15) is 0 Å². The number of nitrogens with zero attached hydrogens (tertiary/aromatic N) is 2. The van der Waals surface area contributed by atoms with Crippen molar-refractivity contribution in [3.63, 3.8) is 0 Å². The Kier molecular flexibility index (Phi) is 4.77. The van der Waals surface area contributed by atoms with Crippen LogP contribution in [0, 0.1) is 10.1 Å². The Morgan fingerprint density at radius 1 is 1.04 bits per heavy atom. The zero-order valence-electron chi connectivity index (χ0n) is 15.5. The van der Waals surface area contributed by atoms with E-state index in [1.165, 1.54) is 22.2 Å². The highest BCUT2D eigenvalue weighted by molar-refractivity contribution is 5.86. The van der Waals surface area contributed by atoms with Gasteiger partial charge in [-0.15, -0.1) is 12.4 Å². The Bertz CT molecular complexity index is 1010. The Morgan fingerprint density at radius 3 is 2.46 bits per heavy atom. The standard InChI is InChI=1S/C21H22N4O2.ClH/c26-25(27)16-7-5-15(6-8-16)24-13-10-21(11-14-24)20-18(9-12-22-21)17-3-1-2-4-19(17)23-20;/h1-8,22-23H,9-14H2;1H. The van der Waals surface area contributed by atoms with Crippen molar-refractivity contribution in [2.75, 3.05) is 24.5 Å². The molecule has 146 valence electrons. The average Bonchev–Trinajstić information content (AvgIpc) is 3.09. The molecule has 1 spiro atoms. The molecule has 2 aromatic carbocycles. The molecule has 5 rings (SSSR count). The minimum Gasteiger partial charge on any atom is -0.371 e. The van der Waals surface area contributed by atoms with Crippen LogP contribution in [0.5, 0.6) is 0 Å². The number of para-hydroxylation sites is 1. The fourth-order valence-corrected chi connectivity index (χ4v) is 4.74. The van der Waals surface area contributed by atoms with Gasteiger partial charge in [0, 0.05) is 54.1 Å². The summed E-state index contributed by atoms with van der Waals surface area (Å²) in [6.07, 6.45) is 3.10. The topological polar surface area (TPSA) is 74.2 Å². The first kappa shape index (κ1) is 18.8. The van der Waals surface area contributed by atoms with E-state index in [2.05, 4.69) is 39.5 Å². The Labute approximate surface area is 169 Å². The summed E-state index contributed by atoms with van der Waals surface area (Å²) in [6.45, 7) is 2.87. The van der Waals surface area contributed by atoms with Crippen molar-refractivity contribution in [3.05, 3.63) is 69.9 Å². The van der Waals surface area contributed by atoms with Gasteiger partial charge >= 0.3 is 0 Å². The summed E-state index contributed by atoms with van der Waals surface area (Å²) in [4.78, 5) is 16.5. The molecule has 3 heterocycles. The predicted octanol–water partition coefficient (Wildman–Crippen LogP) is 4.14. The van der Waals surface area contributed by atoms with Crippen molar-refractivity contribution in [1.82, 2.24) is 10.3 Å². The van der Waals surface area contributed by atoms with Crippen LogP contribution in [-0.4, -0.2) is 29.5 Å². The molecular weight excluding hydrogens is 376 g/mol. The summed E-state index contributed by atoms with van der Waals surface area (Å²) in [6, 6.07) is 15.5. The van der Waals surface area contributed by atoms with E-state index in [4.69, 9.17) is 0 Å². The molecule has 0 atom stereocenters. The molecule has 0 saturated carbocycles. The maximum atomic E-state index is 10.9. The molecule has 28 heavy (non-hydrogen) atoms. The van der Waals surface area contributed by atoms with Crippen LogP contribution in [0.3, 0.4) is 0 Å². The number of nitro groups is 1. The molecule has 2 aliphatic heterocycles. The molecule has 6 nitrogen and oxygen atoms in total. The maximum absolute atomic E-state index is 10.9. The maximum Gasteiger partial charge on any atom is 0.269 e. The summed E-state index contributed by atoms with van der Waals surface area (Å²) < 4.78 is 0. The second-order valence-corrected chi connectivity index (χ2v) is 7.54. The second-order valence-electron chi connectivity index (χ2n) is 7.54. The molecular formula is C21H23ClN4O2. The average molecular weight is 399 g/mol. The van der Waals surface area contributed by atoms with Crippen LogP contribution >= 0.6 is 12.4 Å². The third-order valence-electron chi connectivity index (χ3n) is 6.17. The largest absolute Gasteiger partial charge is 0.371 e. The minimum absolute atomic E-state index is 0. The van der Waals surface area contributed by atoms with Crippen LogP contribution in [0.2, 0.25) is 0 Å². The molecule has 0 unspecified atom stereocenters. The van der Waals surface area contributed by atoms with E-state index in [1.807, 2.05) is 12.1 Å². The van der Waals surface area contributed by atoms with E-state index in [0.717, 1.165) is 44.6 Å². The predicted molar refractivity (Wildman–Crippen MR) is 113 cm³/mol. The Balaban J connectivity index is 0.00000192. The number of nitro benzene ring substituents is 1. The molecule has 0 aliphatic carbocycles. The number of rotatable bonds is 2. The van der Waals surface area contributed by atoms with Crippen molar-refractivity contribution < 1.29 is 4.92 Å². The van der Waals surface area contributed by atoms with E-state index in [1.54, 1.807) is 12.1 Å². The smallest absolute Gasteiger partial charge is 0.269 e. The molecule has 3 aromatic rings. The monoisotopic (exact) mass is 398 g/mol. The quantitative estimate of drug-likeness (QED) is 0.502. The lowest BCUT2D eigenvalue weighted by Gasteiger charge is -2.45. The van der Waals surface area contributed by atoms with Crippen LogP contribution in [0.25, 0.3) is 10.9 Å². The normalized spacial score (nSPS) is 17.9. The zero-order chi connectivity index (χ0) is 18.4. The van der Waals surface area contributed by atoms with Crippen LogP contribution in [0.15, 0.2) is 48.5 Å². The van der Waals surface area contributed by atoms with Gasteiger partial charge in [0.2, 0.25) is 0 Å². The van der Waals surface area contributed by atoms with Crippen molar-refractivity contribution in [2.45, 2.75) is 24.8 Å². The second kappa shape index (κ2) is 7.11. The van der Waals surface area contributed by atoms with Gasteiger partial charge in [0.25, 0.3) is 5.69 Å². The Hall–Kier alpha value is -2.57. The van der Waals surface area contributed by atoms with Crippen molar-refractivity contribution in [2.24, 2.45) is 0 Å². The number of hydrogen-bond donors (Lipinski definition) is 2. The third-order valence-corrected chi connectivity index (χ3v) is 6.17. The molecule has 1 aromatic heterocycles. The number of aromatic nitrogens is 1. The number of aromatic amines is 1. The highest BCUT2D eigenvalue weighted by Crippen LogP contribution is 2.40. The van der Waals surface area contributed by atoms with Crippen molar-refractivity contribution in [1.29, 1.82) is 0 Å². The number of halogens is 1. The molecule has 7 heteroatoms. The number of fused-ring (bicyclic) bond motifs is 4. The summed E-state index contributed by atoms with van der Waals surface area (Å²) in [5, 5.41) is 16.0. The SMILES string of the molecule is Cl.O=[N+]([O-])c1ccc(N2CCC3(CC2)NCCc2c3[nH]c3ccccc23)cc1. The molecule has 0 amide bonds. The number of nitrogens with one attached hydrogen (secondary N) is 2.